The van der Waals surface area contributed by atoms with Crippen LogP contribution in [0.1, 0.15) is 22.2 Å². The van der Waals surface area contributed by atoms with Crippen molar-refractivity contribution in [1.29, 1.82) is 0 Å². The molecule has 1 aliphatic heterocycles. The number of hydrogen-bond donors (Lipinski definition) is 1. The number of hydrogen-bond acceptors (Lipinski definition) is 5. The lowest BCUT2D eigenvalue weighted by Gasteiger charge is -2.32. The fourth-order valence-corrected chi connectivity index (χ4v) is 2.64. The molecule has 122 valence electrons. The zero-order chi connectivity index (χ0) is 16.2. The average molecular weight is 336 g/mol. The van der Waals surface area contributed by atoms with E-state index in [1.54, 1.807) is 15.8 Å². The van der Waals surface area contributed by atoms with Gasteiger partial charge < -0.3 is 15.4 Å². The van der Waals surface area contributed by atoms with Crippen molar-refractivity contribution >= 4 is 17.5 Å². The number of halogens is 1. The molecule has 1 atom stereocenters. The number of carbonyl (C=O) groups excluding carboxylic acids is 1. The molecule has 2 heterocycles. The van der Waals surface area contributed by atoms with E-state index < -0.39 is 0 Å². The van der Waals surface area contributed by atoms with Crippen LogP contribution in [0.2, 0.25) is 5.02 Å². The zero-order valence-corrected chi connectivity index (χ0v) is 13.3. The van der Waals surface area contributed by atoms with E-state index in [1.807, 2.05) is 24.3 Å². The highest BCUT2D eigenvalue weighted by Crippen LogP contribution is 2.24. The second-order valence-corrected chi connectivity index (χ2v) is 5.75. The first-order chi connectivity index (χ1) is 11.2. The molecule has 1 aromatic heterocycles. The van der Waals surface area contributed by atoms with Crippen LogP contribution in [0, 0.1) is 0 Å². The van der Waals surface area contributed by atoms with Crippen LogP contribution in [0.25, 0.3) is 0 Å². The number of morpholine rings is 1. The van der Waals surface area contributed by atoms with Crippen LogP contribution < -0.4 is 5.73 Å². The van der Waals surface area contributed by atoms with Gasteiger partial charge in [-0.25, -0.2) is 0 Å². The Morgan fingerprint density at radius 3 is 2.91 bits per heavy atom. The zero-order valence-electron chi connectivity index (χ0n) is 12.6. The van der Waals surface area contributed by atoms with E-state index >= 15 is 0 Å². The van der Waals surface area contributed by atoms with Crippen LogP contribution >= 0.6 is 11.6 Å². The number of carbonyl (C=O) groups is 1. The first-order valence-corrected chi connectivity index (χ1v) is 7.81. The minimum Gasteiger partial charge on any atom is -0.370 e. The third-order valence-corrected chi connectivity index (χ3v) is 3.96. The van der Waals surface area contributed by atoms with Crippen LogP contribution in [-0.4, -0.2) is 52.0 Å². The van der Waals surface area contributed by atoms with Crippen molar-refractivity contribution in [3.05, 3.63) is 46.7 Å². The lowest BCUT2D eigenvalue weighted by Crippen LogP contribution is -2.42. The third kappa shape index (κ3) is 3.69. The minimum absolute atomic E-state index is 0.143. The summed E-state index contributed by atoms with van der Waals surface area (Å²) in [6, 6.07) is 7.47. The summed E-state index contributed by atoms with van der Waals surface area (Å²) >= 11 is 5.91. The van der Waals surface area contributed by atoms with E-state index in [0.29, 0.717) is 43.5 Å². The number of ether oxygens (including phenoxy) is 1. The van der Waals surface area contributed by atoms with Crippen LogP contribution in [-0.2, 0) is 11.3 Å². The van der Waals surface area contributed by atoms with Gasteiger partial charge in [0, 0.05) is 18.1 Å². The van der Waals surface area contributed by atoms with Crippen molar-refractivity contribution < 1.29 is 9.53 Å². The number of nitrogens with two attached hydrogens (primary N) is 1. The number of benzene rings is 1. The van der Waals surface area contributed by atoms with Gasteiger partial charge in [0.1, 0.15) is 6.10 Å². The van der Waals surface area contributed by atoms with E-state index in [4.69, 9.17) is 22.1 Å². The van der Waals surface area contributed by atoms with Crippen molar-refractivity contribution in [1.82, 2.24) is 19.9 Å². The standard InChI is InChI=1S/C15H18ClN5O2/c16-12-3-1-11(2-4-12)14-10-20(7-8-23-14)15(22)13-9-21(6-5-17)19-18-13/h1-4,9,14H,5-8,10,17H2. The molecule has 1 amide bonds. The van der Waals surface area contributed by atoms with E-state index in [-0.39, 0.29) is 12.0 Å². The summed E-state index contributed by atoms with van der Waals surface area (Å²) in [7, 11) is 0. The Bertz CT molecular complexity index is 673. The van der Waals surface area contributed by atoms with Gasteiger partial charge >= 0.3 is 0 Å². The van der Waals surface area contributed by atoms with E-state index in [2.05, 4.69) is 10.3 Å². The van der Waals surface area contributed by atoms with Crippen molar-refractivity contribution in [3.8, 4) is 0 Å². The third-order valence-electron chi connectivity index (χ3n) is 3.71. The van der Waals surface area contributed by atoms with Crippen LogP contribution in [0.3, 0.4) is 0 Å². The van der Waals surface area contributed by atoms with Gasteiger partial charge in [0.15, 0.2) is 5.69 Å². The molecule has 0 saturated carbocycles. The predicted octanol–water partition coefficient (Wildman–Crippen LogP) is 1.10. The molecule has 1 unspecified atom stereocenters. The molecule has 1 fully saturated rings. The van der Waals surface area contributed by atoms with Gasteiger partial charge in [-0.05, 0) is 17.7 Å². The fraction of sp³-hybridized carbons (Fsp3) is 0.400. The van der Waals surface area contributed by atoms with Gasteiger partial charge in [-0.15, -0.1) is 5.10 Å². The average Bonchev–Trinajstić information content (AvgIpc) is 3.04. The molecule has 0 bridgehead atoms. The van der Waals surface area contributed by atoms with Gasteiger partial charge in [0.25, 0.3) is 5.91 Å². The molecule has 1 aromatic carbocycles. The topological polar surface area (TPSA) is 86.3 Å². The Labute approximate surface area is 139 Å². The molecule has 3 rings (SSSR count). The normalized spacial score (nSPS) is 18.2. The summed E-state index contributed by atoms with van der Waals surface area (Å²) in [6.45, 7) is 2.48. The van der Waals surface area contributed by atoms with E-state index in [0.717, 1.165) is 5.56 Å². The Hall–Kier alpha value is -1.96. The second-order valence-electron chi connectivity index (χ2n) is 5.32. The van der Waals surface area contributed by atoms with Crippen molar-refractivity contribution in [3.63, 3.8) is 0 Å². The molecule has 8 heteroatoms. The summed E-state index contributed by atoms with van der Waals surface area (Å²) < 4.78 is 7.34. The SMILES string of the molecule is NCCn1cc(C(=O)N2CCOC(c3ccc(Cl)cc3)C2)nn1. The highest BCUT2D eigenvalue weighted by atomic mass is 35.5. The lowest BCUT2D eigenvalue weighted by molar-refractivity contribution is -0.0230. The lowest BCUT2D eigenvalue weighted by atomic mass is 10.1. The highest BCUT2D eigenvalue weighted by molar-refractivity contribution is 6.30. The predicted molar refractivity (Wildman–Crippen MR) is 85.1 cm³/mol. The number of amides is 1. The van der Waals surface area contributed by atoms with Gasteiger partial charge in [-0.2, -0.15) is 0 Å². The molecule has 23 heavy (non-hydrogen) atoms. The first kappa shape index (κ1) is 15.9. The molecule has 0 spiro atoms. The molecule has 0 aliphatic carbocycles. The van der Waals surface area contributed by atoms with Crippen LogP contribution in [0.4, 0.5) is 0 Å². The number of aromatic nitrogens is 3. The molecule has 2 N–H and O–H groups in total. The molecule has 1 aliphatic rings. The Balaban J connectivity index is 1.69. The maximum absolute atomic E-state index is 12.6. The number of nitrogens with zero attached hydrogens (tertiary/aromatic N) is 4. The maximum Gasteiger partial charge on any atom is 0.276 e. The first-order valence-electron chi connectivity index (χ1n) is 7.44. The quantitative estimate of drug-likeness (QED) is 0.904. The summed E-state index contributed by atoms with van der Waals surface area (Å²) in [6.07, 6.45) is 1.46. The summed E-state index contributed by atoms with van der Waals surface area (Å²) in [5.74, 6) is -0.143. The van der Waals surface area contributed by atoms with Crippen molar-refractivity contribution in [2.24, 2.45) is 5.73 Å². The minimum atomic E-state index is -0.163. The van der Waals surface area contributed by atoms with Gasteiger partial charge in [0.05, 0.1) is 25.9 Å². The van der Waals surface area contributed by atoms with Gasteiger partial charge in [-0.1, -0.05) is 28.9 Å². The molecular formula is C15H18ClN5O2. The largest absolute Gasteiger partial charge is 0.370 e. The Morgan fingerprint density at radius 2 is 2.17 bits per heavy atom. The van der Waals surface area contributed by atoms with Gasteiger partial charge in [-0.3, -0.25) is 9.48 Å². The highest BCUT2D eigenvalue weighted by Gasteiger charge is 2.27. The Kier molecular flexibility index (Phi) is 4.90. The van der Waals surface area contributed by atoms with E-state index in [9.17, 15) is 4.79 Å². The monoisotopic (exact) mass is 335 g/mol. The summed E-state index contributed by atoms with van der Waals surface area (Å²) in [5, 5.41) is 8.50. The number of rotatable bonds is 4. The van der Waals surface area contributed by atoms with E-state index in [1.165, 1.54) is 0 Å². The summed E-state index contributed by atoms with van der Waals surface area (Å²) in [4.78, 5) is 14.3. The van der Waals surface area contributed by atoms with Crippen LogP contribution in [0.5, 0.6) is 0 Å². The van der Waals surface area contributed by atoms with Crippen molar-refractivity contribution in [2.75, 3.05) is 26.2 Å². The van der Waals surface area contributed by atoms with Gasteiger partial charge in [0.2, 0.25) is 0 Å². The smallest absolute Gasteiger partial charge is 0.276 e. The maximum atomic E-state index is 12.6. The summed E-state index contributed by atoms with van der Waals surface area (Å²) in [5.41, 5.74) is 6.80. The molecule has 7 nitrogen and oxygen atoms in total. The Morgan fingerprint density at radius 1 is 1.39 bits per heavy atom. The molecular weight excluding hydrogens is 318 g/mol. The second kappa shape index (κ2) is 7.08. The molecule has 2 aromatic rings. The fourth-order valence-electron chi connectivity index (χ4n) is 2.51. The molecule has 1 saturated heterocycles. The molecule has 0 radical (unpaired) electrons. The van der Waals surface area contributed by atoms with Crippen LogP contribution in [0.15, 0.2) is 30.5 Å². The van der Waals surface area contributed by atoms with Crippen molar-refractivity contribution in [2.45, 2.75) is 12.6 Å².